The molecule has 1 saturated heterocycles. The van der Waals surface area contributed by atoms with Gasteiger partial charge in [0, 0.05) is 46.1 Å². The minimum atomic E-state index is 0.173. The average molecular weight is 291 g/mol. The molecule has 1 heterocycles. The van der Waals surface area contributed by atoms with E-state index >= 15 is 0 Å². The minimum Gasteiger partial charge on any atom is -0.393 e. The molecule has 0 aromatic heterocycles. The molecule has 1 amide bonds. The summed E-state index contributed by atoms with van der Waals surface area (Å²) >= 11 is 4.91. The minimum absolute atomic E-state index is 0.173. The second kappa shape index (κ2) is 6.81. The highest BCUT2D eigenvalue weighted by Gasteiger charge is 2.18. The predicted octanol–water partition coefficient (Wildman–Crippen LogP) is 1.18. The van der Waals surface area contributed by atoms with Crippen LogP contribution < -0.4 is 5.73 Å². The summed E-state index contributed by atoms with van der Waals surface area (Å²) in [4.78, 5) is 16.1. The average Bonchev–Trinajstić information content (AvgIpc) is 2.41. The summed E-state index contributed by atoms with van der Waals surface area (Å²) in [5, 5.41) is 0. The van der Waals surface area contributed by atoms with Crippen LogP contribution in [-0.4, -0.2) is 46.9 Å². The highest BCUT2D eigenvalue weighted by atomic mass is 32.1. The van der Waals surface area contributed by atoms with Crippen molar-refractivity contribution in [3.63, 3.8) is 0 Å². The van der Waals surface area contributed by atoms with E-state index in [0.29, 0.717) is 11.4 Å². The van der Waals surface area contributed by atoms with Crippen molar-refractivity contribution in [1.29, 1.82) is 0 Å². The summed E-state index contributed by atoms with van der Waals surface area (Å²) in [7, 11) is 0. The first-order valence-electron chi connectivity index (χ1n) is 6.88. The fourth-order valence-corrected chi connectivity index (χ4v) is 2.61. The van der Waals surface area contributed by atoms with E-state index in [0.717, 1.165) is 38.3 Å². The fraction of sp³-hybridized carbons (Fsp3) is 0.467. The molecule has 108 valence electrons. The standard InChI is InChI=1S/C15H21N3OS/c1-12(19)18-8-6-17(7-9-18)11-14-4-2-13(3-5-14)10-15(16)20/h2-5H,6-11H2,1H3,(H2,16,20). The van der Waals surface area contributed by atoms with Gasteiger partial charge in [-0.25, -0.2) is 0 Å². The van der Waals surface area contributed by atoms with Crippen molar-refractivity contribution in [2.45, 2.75) is 19.9 Å². The van der Waals surface area contributed by atoms with Gasteiger partial charge in [0.25, 0.3) is 0 Å². The first-order chi connectivity index (χ1) is 9.54. The van der Waals surface area contributed by atoms with Crippen LogP contribution in [-0.2, 0) is 17.8 Å². The van der Waals surface area contributed by atoms with Crippen LogP contribution >= 0.6 is 12.2 Å². The maximum Gasteiger partial charge on any atom is 0.219 e. The topological polar surface area (TPSA) is 49.6 Å². The van der Waals surface area contributed by atoms with Crippen LogP contribution in [0.25, 0.3) is 0 Å². The van der Waals surface area contributed by atoms with Gasteiger partial charge in [0.2, 0.25) is 5.91 Å². The number of thiocarbonyl (C=S) groups is 1. The molecular formula is C15H21N3OS. The van der Waals surface area contributed by atoms with Crippen LogP contribution in [0.2, 0.25) is 0 Å². The van der Waals surface area contributed by atoms with Gasteiger partial charge in [-0.05, 0) is 11.1 Å². The number of hydrogen-bond acceptors (Lipinski definition) is 3. The van der Waals surface area contributed by atoms with Gasteiger partial charge in [-0.2, -0.15) is 0 Å². The van der Waals surface area contributed by atoms with Crippen molar-refractivity contribution in [2.75, 3.05) is 26.2 Å². The van der Waals surface area contributed by atoms with Crippen LogP contribution in [0.4, 0.5) is 0 Å². The van der Waals surface area contributed by atoms with Gasteiger partial charge in [-0.15, -0.1) is 0 Å². The molecule has 0 unspecified atom stereocenters. The summed E-state index contributed by atoms with van der Waals surface area (Å²) < 4.78 is 0. The molecule has 2 rings (SSSR count). The number of amides is 1. The van der Waals surface area contributed by atoms with Gasteiger partial charge in [0.1, 0.15) is 0 Å². The summed E-state index contributed by atoms with van der Waals surface area (Å²) in [6.07, 6.45) is 0.660. The molecular weight excluding hydrogens is 270 g/mol. The number of carbonyl (C=O) groups excluding carboxylic acids is 1. The molecule has 2 N–H and O–H groups in total. The van der Waals surface area contributed by atoms with E-state index in [1.54, 1.807) is 6.92 Å². The molecule has 1 aliphatic heterocycles. The third-order valence-corrected chi connectivity index (χ3v) is 3.77. The summed E-state index contributed by atoms with van der Waals surface area (Å²) in [5.74, 6) is 0.173. The number of carbonyl (C=O) groups is 1. The van der Waals surface area contributed by atoms with E-state index in [9.17, 15) is 4.79 Å². The van der Waals surface area contributed by atoms with Crippen LogP contribution in [0.3, 0.4) is 0 Å². The van der Waals surface area contributed by atoms with Gasteiger partial charge in [0.05, 0.1) is 4.99 Å². The molecule has 1 aromatic rings. The Balaban J connectivity index is 1.85. The maximum atomic E-state index is 11.3. The quantitative estimate of drug-likeness (QED) is 0.846. The number of nitrogens with two attached hydrogens (primary N) is 1. The Morgan fingerprint density at radius 2 is 1.70 bits per heavy atom. The molecule has 1 aliphatic rings. The molecule has 0 aliphatic carbocycles. The van der Waals surface area contributed by atoms with Crippen molar-refractivity contribution in [2.24, 2.45) is 5.73 Å². The zero-order valence-electron chi connectivity index (χ0n) is 11.8. The predicted molar refractivity (Wildman–Crippen MR) is 84.5 cm³/mol. The first-order valence-corrected chi connectivity index (χ1v) is 7.29. The first kappa shape index (κ1) is 14.9. The zero-order chi connectivity index (χ0) is 14.5. The Morgan fingerprint density at radius 1 is 1.15 bits per heavy atom. The lowest BCUT2D eigenvalue weighted by Crippen LogP contribution is -2.47. The Labute approximate surface area is 125 Å². The third kappa shape index (κ3) is 4.28. The summed E-state index contributed by atoms with van der Waals surface area (Å²) in [6.45, 7) is 6.10. The van der Waals surface area contributed by atoms with E-state index in [2.05, 4.69) is 29.2 Å². The maximum absolute atomic E-state index is 11.3. The lowest BCUT2D eigenvalue weighted by molar-refractivity contribution is -0.130. The number of benzene rings is 1. The number of rotatable bonds is 4. The van der Waals surface area contributed by atoms with Crippen LogP contribution in [0, 0.1) is 0 Å². The van der Waals surface area contributed by atoms with Gasteiger partial charge in [-0.3, -0.25) is 9.69 Å². The second-order valence-electron chi connectivity index (χ2n) is 5.24. The molecule has 1 aromatic carbocycles. The molecule has 1 fully saturated rings. The molecule has 0 saturated carbocycles. The van der Waals surface area contributed by atoms with Crippen LogP contribution in [0.5, 0.6) is 0 Å². The molecule has 0 atom stereocenters. The molecule has 0 spiro atoms. The van der Waals surface area contributed by atoms with Crippen molar-refractivity contribution < 1.29 is 4.79 Å². The summed E-state index contributed by atoms with van der Waals surface area (Å²) in [5.41, 5.74) is 7.98. The normalized spacial score (nSPS) is 16.1. The van der Waals surface area contributed by atoms with E-state index in [1.807, 2.05) is 4.90 Å². The van der Waals surface area contributed by atoms with Crippen LogP contribution in [0.15, 0.2) is 24.3 Å². The van der Waals surface area contributed by atoms with Gasteiger partial charge in [0.15, 0.2) is 0 Å². The van der Waals surface area contributed by atoms with Crippen molar-refractivity contribution in [3.05, 3.63) is 35.4 Å². The summed E-state index contributed by atoms with van der Waals surface area (Å²) in [6, 6.07) is 8.43. The van der Waals surface area contributed by atoms with Crippen molar-refractivity contribution in [3.8, 4) is 0 Å². The lowest BCUT2D eigenvalue weighted by atomic mass is 10.1. The molecule has 5 heteroatoms. The SMILES string of the molecule is CC(=O)N1CCN(Cc2ccc(CC(N)=S)cc2)CC1. The lowest BCUT2D eigenvalue weighted by Gasteiger charge is -2.34. The molecule has 4 nitrogen and oxygen atoms in total. The van der Waals surface area contributed by atoms with Crippen LogP contribution in [0.1, 0.15) is 18.1 Å². The second-order valence-corrected chi connectivity index (χ2v) is 5.77. The van der Waals surface area contributed by atoms with E-state index in [4.69, 9.17) is 18.0 Å². The molecule has 0 radical (unpaired) electrons. The highest BCUT2D eigenvalue weighted by Crippen LogP contribution is 2.10. The number of piperazine rings is 1. The smallest absolute Gasteiger partial charge is 0.219 e. The van der Waals surface area contributed by atoms with Crippen molar-refractivity contribution in [1.82, 2.24) is 9.80 Å². The zero-order valence-corrected chi connectivity index (χ0v) is 12.7. The van der Waals surface area contributed by atoms with E-state index in [-0.39, 0.29) is 5.91 Å². The molecule has 20 heavy (non-hydrogen) atoms. The van der Waals surface area contributed by atoms with Gasteiger partial charge >= 0.3 is 0 Å². The van der Waals surface area contributed by atoms with E-state index in [1.165, 1.54) is 5.56 Å². The number of hydrogen-bond donors (Lipinski definition) is 1. The Bertz CT molecular complexity index is 478. The Kier molecular flexibility index (Phi) is 5.09. The third-order valence-electron chi connectivity index (χ3n) is 3.63. The monoisotopic (exact) mass is 291 g/mol. The Morgan fingerprint density at radius 3 is 2.20 bits per heavy atom. The van der Waals surface area contributed by atoms with Crippen molar-refractivity contribution >= 4 is 23.1 Å². The van der Waals surface area contributed by atoms with E-state index < -0.39 is 0 Å². The largest absolute Gasteiger partial charge is 0.393 e. The fourth-order valence-electron chi connectivity index (χ4n) is 2.44. The Hall–Kier alpha value is -1.46. The van der Waals surface area contributed by atoms with Gasteiger partial charge < -0.3 is 10.6 Å². The highest BCUT2D eigenvalue weighted by molar-refractivity contribution is 7.80. The molecule has 0 bridgehead atoms. The number of nitrogens with zero attached hydrogens (tertiary/aromatic N) is 2. The van der Waals surface area contributed by atoms with Gasteiger partial charge in [-0.1, -0.05) is 36.5 Å².